The number of hydrogen-bond donors (Lipinski definition) is 3. The normalized spacial score (nSPS) is 11.4. The van der Waals surface area contributed by atoms with E-state index in [1.54, 1.807) is 13.8 Å². The molecule has 1 aromatic heterocycles. The van der Waals surface area contributed by atoms with Crippen LogP contribution in [0.1, 0.15) is 29.8 Å². The van der Waals surface area contributed by atoms with Gasteiger partial charge in [0.25, 0.3) is 5.91 Å². The second-order valence-electron chi connectivity index (χ2n) is 4.48. The van der Waals surface area contributed by atoms with E-state index in [-0.39, 0.29) is 18.1 Å². The molecule has 20 heavy (non-hydrogen) atoms. The standard InChI is InChI=1S/C14H17N3O3/c1-9(2)12(13(15)19)17-14(20)11-5-6-16-8-10(11)4-3-7-18/h5-6,8-9,12,18H,7H2,1-2H3,(H2,15,19)(H,17,20). The summed E-state index contributed by atoms with van der Waals surface area (Å²) in [6.07, 6.45) is 2.87. The fourth-order valence-electron chi connectivity index (χ4n) is 1.61. The van der Waals surface area contributed by atoms with E-state index < -0.39 is 17.9 Å². The Balaban J connectivity index is 3.00. The van der Waals surface area contributed by atoms with E-state index in [0.717, 1.165) is 0 Å². The maximum Gasteiger partial charge on any atom is 0.253 e. The molecule has 1 rings (SSSR count). The lowest BCUT2D eigenvalue weighted by Crippen LogP contribution is -2.47. The highest BCUT2D eigenvalue weighted by Crippen LogP contribution is 2.08. The van der Waals surface area contributed by atoms with E-state index >= 15 is 0 Å². The quantitative estimate of drug-likeness (QED) is 0.654. The molecule has 1 aromatic rings. The maximum atomic E-state index is 12.2. The van der Waals surface area contributed by atoms with Crippen molar-refractivity contribution >= 4 is 11.8 Å². The Kier molecular flexibility index (Phi) is 5.69. The summed E-state index contributed by atoms with van der Waals surface area (Å²) in [5.41, 5.74) is 5.92. The molecular weight excluding hydrogens is 258 g/mol. The molecule has 6 heteroatoms. The van der Waals surface area contributed by atoms with Gasteiger partial charge in [-0.3, -0.25) is 14.6 Å². The molecule has 6 nitrogen and oxygen atoms in total. The summed E-state index contributed by atoms with van der Waals surface area (Å²) in [5.74, 6) is 3.92. The zero-order valence-electron chi connectivity index (χ0n) is 11.4. The molecule has 0 aliphatic heterocycles. The van der Waals surface area contributed by atoms with E-state index in [1.807, 2.05) is 0 Å². The average Bonchev–Trinajstić information content (AvgIpc) is 2.41. The molecule has 1 atom stereocenters. The number of nitrogens with two attached hydrogens (primary N) is 1. The summed E-state index contributed by atoms with van der Waals surface area (Å²) < 4.78 is 0. The molecule has 0 spiro atoms. The molecular formula is C14H17N3O3. The highest BCUT2D eigenvalue weighted by atomic mass is 16.2. The minimum atomic E-state index is -0.755. The first-order valence-electron chi connectivity index (χ1n) is 6.11. The Bertz CT molecular complexity index is 558. The van der Waals surface area contributed by atoms with Gasteiger partial charge in [0.05, 0.1) is 11.1 Å². The molecule has 2 amide bonds. The van der Waals surface area contributed by atoms with E-state index in [2.05, 4.69) is 22.1 Å². The Labute approximate surface area is 117 Å². The molecule has 0 saturated carbocycles. The number of hydrogen-bond acceptors (Lipinski definition) is 4. The van der Waals surface area contributed by atoms with Crippen molar-refractivity contribution in [1.29, 1.82) is 0 Å². The topological polar surface area (TPSA) is 105 Å². The van der Waals surface area contributed by atoms with Crippen LogP contribution in [-0.4, -0.2) is 34.6 Å². The number of nitrogens with zero attached hydrogens (tertiary/aromatic N) is 1. The molecule has 0 aliphatic rings. The Morgan fingerprint density at radius 1 is 1.50 bits per heavy atom. The first-order valence-corrected chi connectivity index (χ1v) is 6.11. The molecule has 0 aromatic carbocycles. The molecule has 4 N–H and O–H groups in total. The van der Waals surface area contributed by atoms with Gasteiger partial charge in [-0.2, -0.15) is 0 Å². The fourth-order valence-corrected chi connectivity index (χ4v) is 1.61. The second-order valence-corrected chi connectivity index (χ2v) is 4.48. The largest absolute Gasteiger partial charge is 0.384 e. The van der Waals surface area contributed by atoms with Crippen LogP contribution < -0.4 is 11.1 Å². The smallest absolute Gasteiger partial charge is 0.253 e. The van der Waals surface area contributed by atoms with Gasteiger partial charge in [-0.05, 0) is 12.0 Å². The molecule has 0 aliphatic carbocycles. The monoisotopic (exact) mass is 275 g/mol. The van der Waals surface area contributed by atoms with Crippen LogP contribution in [0, 0.1) is 17.8 Å². The van der Waals surface area contributed by atoms with Crippen LogP contribution in [0.3, 0.4) is 0 Å². The number of carbonyl (C=O) groups is 2. The number of amides is 2. The minimum Gasteiger partial charge on any atom is -0.384 e. The van der Waals surface area contributed by atoms with Crippen molar-refractivity contribution in [3.05, 3.63) is 29.6 Å². The second kappa shape index (κ2) is 7.26. The lowest BCUT2D eigenvalue weighted by atomic mass is 10.0. The predicted octanol–water partition coefficient (Wildman–Crippen LogP) is -0.335. The lowest BCUT2D eigenvalue weighted by Gasteiger charge is -2.19. The molecule has 0 bridgehead atoms. The molecule has 0 fully saturated rings. The molecule has 1 heterocycles. The van der Waals surface area contributed by atoms with Crippen LogP contribution in [0.2, 0.25) is 0 Å². The average molecular weight is 275 g/mol. The van der Waals surface area contributed by atoms with Gasteiger partial charge in [-0.1, -0.05) is 25.7 Å². The molecule has 1 unspecified atom stereocenters. The number of nitrogens with one attached hydrogen (secondary N) is 1. The van der Waals surface area contributed by atoms with Gasteiger partial charge in [0.15, 0.2) is 0 Å². The predicted molar refractivity (Wildman–Crippen MR) is 73.5 cm³/mol. The molecule has 0 radical (unpaired) electrons. The number of rotatable bonds is 4. The lowest BCUT2D eigenvalue weighted by molar-refractivity contribution is -0.120. The summed E-state index contributed by atoms with van der Waals surface area (Å²) in [6, 6.07) is 0.740. The number of aliphatic hydroxyl groups excluding tert-OH is 1. The third-order valence-electron chi connectivity index (χ3n) is 2.63. The fraction of sp³-hybridized carbons (Fsp3) is 0.357. The summed E-state index contributed by atoms with van der Waals surface area (Å²) in [4.78, 5) is 27.3. The van der Waals surface area contributed by atoms with Crippen LogP contribution in [0.25, 0.3) is 0 Å². The third-order valence-corrected chi connectivity index (χ3v) is 2.63. The number of pyridine rings is 1. The zero-order valence-corrected chi connectivity index (χ0v) is 11.4. The van der Waals surface area contributed by atoms with Crippen LogP contribution in [-0.2, 0) is 4.79 Å². The Morgan fingerprint density at radius 3 is 2.75 bits per heavy atom. The van der Waals surface area contributed by atoms with Crippen molar-refractivity contribution in [3.8, 4) is 11.8 Å². The van der Waals surface area contributed by atoms with Crippen molar-refractivity contribution in [1.82, 2.24) is 10.3 Å². The highest BCUT2D eigenvalue weighted by molar-refractivity contribution is 5.99. The highest BCUT2D eigenvalue weighted by Gasteiger charge is 2.23. The SMILES string of the molecule is CC(C)C(NC(=O)c1ccncc1C#CCO)C(N)=O. The van der Waals surface area contributed by atoms with Crippen molar-refractivity contribution in [2.45, 2.75) is 19.9 Å². The molecule has 106 valence electrons. The van der Waals surface area contributed by atoms with E-state index in [9.17, 15) is 9.59 Å². The van der Waals surface area contributed by atoms with Crippen molar-refractivity contribution < 1.29 is 14.7 Å². The number of carbonyl (C=O) groups excluding carboxylic acids is 2. The van der Waals surface area contributed by atoms with Gasteiger partial charge in [0.2, 0.25) is 5.91 Å². The zero-order chi connectivity index (χ0) is 15.1. The summed E-state index contributed by atoms with van der Waals surface area (Å²) >= 11 is 0. The van der Waals surface area contributed by atoms with Crippen molar-refractivity contribution in [2.24, 2.45) is 11.7 Å². The summed E-state index contributed by atoms with van der Waals surface area (Å²) in [5, 5.41) is 11.3. The van der Waals surface area contributed by atoms with Crippen LogP contribution in [0.5, 0.6) is 0 Å². The third kappa shape index (κ3) is 4.07. The minimum absolute atomic E-state index is 0.120. The summed E-state index contributed by atoms with van der Waals surface area (Å²) in [7, 11) is 0. The molecule has 0 saturated heterocycles. The van der Waals surface area contributed by atoms with E-state index in [1.165, 1.54) is 18.5 Å². The van der Waals surface area contributed by atoms with Gasteiger partial charge < -0.3 is 16.2 Å². The number of aromatic nitrogens is 1. The van der Waals surface area contributed by atoms with Gasteiger partial charge in [0.1, 0.15) is 12.6 Å². The van der Waals surface area contributed by atoms with Crippen LogP contribution in [0.15, 0.2) is 18.5 Å². The van der Waals surface area contributed by atoms with Crippen molar-refractivity contribution in [2.75, 3.05) is 6.61 Å². The van der Waals surface area contributed by atoms with Crippen LogP contribution >= 0.6 is 0 Å². The number of aliphatic hydroxyl groups is 1. The first kappa shape index (κ1) is 15.7. The number of primary amides is 1. The van der Waals surface area contributed by atoms with Gasteiger partial charge in [-0.15, -0.1) is 0 Å². The van der Waals surface area contributed by atoms with Gasteiger partial charge in [-0.25, -0.2) is 0 Å². The first-order chi connectivity index (χ1) is 9.47. The Morgan fingerprint density at radius 2 is 2.20 bits per heavy atom. The Hall–Kier alpha value is -2.39. The van der Waals surface area contributed by atoms with E-state index in [0.29, 0.717) is 5.56 Å². The van der Waals surface area contributed by atoms with Gasteiger partial charge in [0, 0.05) is 12.4 Å². The van der Waals surface area contributed by atoms with Crippen LogP contribution in [0.4, 0.5) is 0 Å². The van der Waals surface area contributed by atoms with E-state index in [4.69, 9.17) is 10.8 Å². The van der Waals surface area contributed by atoms with Gasteiger partial charge >= 0.3 is 0 Å². The summed E-state index contributed by atoms with van der Waals surface area (Å²) in [6.45, 7) is 3.26. The maximum absolute atomic E-state index is 12.2. The van der Waals surface area contributed by atoms with Crippen molar-refractivity contribution in [3.63, 3.8) is 0 Å².